The Labute approximate surface area is 325 Å². The predicted octanol–water partition coefficient (Wildman–Crippen LogP) is 11.1. The van der Waals surface area contributed by atoms with Crippen molar-refractivity contribution in [3.63, 3.8) is 0 Å². The van der Waals surface area contributed by atoms with Crippen LogP contribution in [0.15, 0.2) is 46.0 Å². The lowest BCUT2D eigenvalue weighted by Crippen LogP contribution is -2.37. The monoisotopic (exact) mass is 764 g/mol. The quantitative estimate of drug-likeness (QED) is 0.133. The number of hydrogen-bond acceptors (Lipinski definition) is 6. The van der Waals surface area contributed by atoms with Crippen LogP contribution >= 0.6 is 0 Å². The van der Waals surface area contributed by atoms with Gasteiger partial charge in [0, 0.05) is 23.9 Å². The number of carbonyl (C=O) groups is 1. The number of rotatable bonds is 12. The Hall–Kier alpha value is -4.21. The fraction of sp³-hybridized carbons (Fsp3) is 0.578. The molecule has 0 N–H and O–H groups in total. The highest BCUT2D eigenvalue weighted by Crippen LogP contribution is 2.41. The maximum atomic E-state index is 15.2. The third kappa shape index (κ3) is 10.2. The molecule has 0 fully saturated rings. The lowest BCUT2D eigenvalue weighted by Gasteiger charge is -2.34. The molecule has 4 rings (SSSR count). The summed E-state index contributed by atoms with van der Waals surface area (Å²) in [6.07, 6.45) is 1.89. The summed E-state index contributed by atoms with van der Waals surface area (Å²) >= 11 is 0. The van der Waals surface area contributed by atoms with Crippen LogP contribution in [0, 0.1) is 33.3 Å². The van der Waals surface area contributed by atoms with E-state index < -0.39 is 62.6 Å². The lowest BCUT2D eigenvalue weighted by molar-refractivity contribution is 0.0581. The highest BCUT2D eigenvalue weighted by atomic mass is 19.1. The SMILES string of the molecule is CCCC(Oc1c(OC(=O)c2c(OC(CCC)C(C)(C)C)c3cc(F)ccc3c(=O)n2CC(C)(C)C)n(CC(C)(C)C)c(=O)c2ccc(F)cc12)C(C)(C)C. The Kier molecular flexibility index (Phi) is 12.7. The highest BCUT2D eigenvalue weighted by molar-refractivity contribution is 6.01. The third-order valence-corrected chi connectivity index (χ3v) is 9.53. The molecule has 8 nitrogen and oxygen atoms in total. The Morgan fingerprint density at radius 2 is 1.02 bits per heavy atom. The maximum absolute atomic E-state index is 15.2. The highest BCUT2D eigenvalue weighted by Gasteiger charge is 2.36. The first kappa shape index (κ1) is 43.5. The number of halogens is 2. The summed E-state index contributed by atoms with van der Waals surface area (Å²) in [6, 6.07) is 7.69. The molecule has 0 aliphatic rings. The van der Waals surface area contributed by atoms with Crippen molar-refractivity contribution >= 4 is 27.5 Å². The molecule has 0 aliphatic carbocycles. The van der Waals surface area contributed by atoms with E-state index in [0.29, 0.717) is 12.8 Å². The Morgan fingerprint density at radius 3 is 1.44 bits per heavy atom. The van der Waals surface area contributed by atoms with E-state index in [2.05, 4.69) is 0 Å². The second-order valence-electron chi connectivity index (χ2n) is 19.5. The van der Waals surface area contributed by atoms with Crippen LogP contribution in [-0.4, -0.2) is 27.3 Å². The van der Waals surface area contributed by atoms with Crippen LogP contribution < -0.4 is 25.3 Å². The zero-order valence-electron chi connectivity index (χ0n) is 35.5. The maximum Gasteiger partial charge on any atom is 0.365 e. The lowest BCUT2D eigenvalue weighted by atomic mass is 9.86. The molecule has 302 valence electrons. The van der Waals surface area contributed by atoms with Gasteiger partial charge in [0.05, 0.1) is 10.8 Å². The van der Waals surface area contributed by atoms with Crippen LogP contribution in [-0.2, 0) is 13.1 Å². The van der Waals surface area contributed by atoms with Gasteiger partial charge in [-0.25, -0.2) is 13.6 Å². The molecule has 0 bridgehead atoms. The molecule has 0 spiro atoms. The van der Waals surface area contributed by atoms with E-state index in [1.165, 1.54) is 45.5 Å². The molecule has 10 heteroatoms. The zero-order valence-corrected chi connectivity index (χ0v) is 35.5. The van der Waals surface area contributed by atoms with Gasteiger partial charge in [0.15, 0.2) is 17.2 Å². The van der Waals surface area contributed by atoms with Crippen molar-refractivity contribution in [1.82, 2.24) is 9.13 Å². The van der Waals surface area contributed by atoms with E-state index >= 15 is 13.6 Å². The summed E-state index contributed by atoms with van der Waals surface area (Å²) in [5.74, 6) is -2.37. The Balaban J connectivity index is 2.19. The standard InChI is InChI=1S/C45H62F2N2O6/c1-15-17-33(44(9,10)11)53-36-31-23-27(46)19-21-29(31)38(50)48(25-42(3,4)5)35(36)41(52)55-40-37(54-34(18-16-2)45(12,13)14)32-24-28(47)20-22-30(32)39(51)49(40)26-43(6,7)8/h19-24,33-34H,15-18,25-26H2,1-14H3. The second kappa shape index (κ2) is 16.1. The third-order valence-electron chi connectivity index (χ3n) is 9.53. The van der Waals surface area contributed by atoms with Crippen LogP contribution in [0.3, 0.4) is 0 Å². The minimum Gasteiger partial charge on any atom is -0.487 e. The first-order valence-electron chi connectivity index (χ1n) is 19.5. The summed E-state index contributed by atoms with van der Waals surface area (Å²) < 4.78 is 53.0. The van der Waals surface area contributed by atoms with Crippen molar-refractivity contribution in [2.75, 3.05) is 0 Å². The average molecular weight is 765 g/mol. The van der Waals surface area contributed by atoms with Gasteiger partial charge in [0.2, 0.25) is 5.88 Å². The van der Waals surface area contributed by atoms with Crippen molar-refractivity contribution in [2.24, 2.45) is 21.7 Å². The number of nitrogens with zero attached hydrogens (tertiary/aromatic N) is 2. The van der Waals surface area contributed by atoms with Crippen molar-refractivity contribution in [2.45, 2.75) is 148 Å². The summed E-state index contributed by atoms with van der Waals surface area (Å²) in [7, 11) is 0. The minimum absolute atomic E-state index is 0.00861. The summed E-state index contributed by atoms with van der Waals surface area (Å²) in [6.45, 7) is 28.0. The van der Waals surface area contributed by atoms with Crippen LogP contribution in [0.2, 0.25) is 0 Å². The molecular formula is C45H62F2N2O6. The molecule has 55 heavy (non-hydrogen) atoms. The van der Waals surface area contributed by atoms with Gasteiger partial charge in [0.1, 0.15) is 23.8 Å². The van der Waals surface area contributed by atoms with Gasteiger partial charge in [-0.1, -0.05) is 110 Å². The van der Waals surface area contributed by atoms with Crippen molar-refractivity contribution in [3.8, 4) is 17.4 Å². The van der Waals surface area contributed by atoms with Crippen molar-refractivity contribution in [3.05, 3.63) is 74.4 Å². The fourth-order valence-corrected chi connectivity index (χ4v) is 6.82. The molecule has 2 atom stereocenters. The number of benzene rings is 2. The molecule has 2 unspecified atom stereocenters. The van der Waals surface area contributed by atoms with Gasteiger partial charge in [0.25, 0.3) is 11.1 Å². The van der Waals surface area contributed by atoms with Crippen LogP contribution in [0.1, 0.15) is 133 Å². The van der Waals surface area contributed by atoms with E-state index in [1.54, 1.807) is 0 Å². The Morgan fingerprint density at radius 1 is 0.618 bits per heavy atom. The van der Waals surface area contributed by atoms with Crippen molar-refractivity contribution < 1.29 is 27.8 Å². The number of aromatic nitrogens is 2. The number of ether oxygens (including phenoxy) is 3. The normalized spacial score (nSPS) is 14.0. The molecule has 2 aromatic carbocycles. The first-order chi connectivity index (χ1) is 25.3. The molecule has 0 saturated heterocycles. The molecular weight excluding hydrogens is 702 g/mol. The van der Waals surface area contributed by atoms with E-state index in [-0.39, 0.29) is 57.7 Å². The summed E-state index contributed by atoms with van der Waals surface area (Å²) in [5, 5.41) is 0.673. The molecule has 2 aromatic heterocycles. The van der Waals surface area contributed by atoms with Gasteiger partial charge in [-0.05, 0) is 70.9 Å². The first-order valence-corrected chi connectivity index (χ1v) is 19.5. The fourth-order valence-electron chi connectivity index (χ4n) is 6.82. The largest absolute Gasteiger partial charge is 0.487 e. The Bertz CT molecular complexity index is 2160. The summed E-state index contributed by atoms with van der Waals surface area (Å²) in [5.41, 5.74) is -3.07. The van der Waals surface area contributed by atoms with Gasteiger partial charge in [-0.2, -0.15) is 0 Å². The molecule has 0 amide bonds. The average Bonchev–Trinajstić information content (AvgIpc) is 3.03. The number of esters is 1. The second-order valence-corrected chi connectivity index (χ2v) is 19.5. The molecule has 0 aliphatic heterocycles. The van der Waals surface area contributed by atoms with Crippen LogP contribution in [0.5, 0.6) is 17.4 Å². The zero-order chi connectivity index (χ0) is 41.4. The van der Waals surface area contributed by atoms with Crippen molar-refractivity contribution in [1.29, 1.82) is 0 Å². The summed E-state index contributed by atoms with van der Waals surface area (Å²) in [4.78, 5) is 44.0. The number of carbonyl (C=O) groups excluding carboxylic acids is 1. The van der Waals surface area contributed by atoms with E-state index in [0.717, 1.165) is 12.8 Å². The number of hydrogen-bond donors (Lipinski definition) is 0. The molecule has 0 saturated carbocycles. The van der Waals surface area contributed by atoms with E-state index in [9.17, 15) is 9.59 Å². The van der Waals surface area contributed by atoms with E-state index in [1.807, 2.05) is 96.9 Å². The van der Waals surface area contributed by atoms with Crippen LogP contribution in [0.25, 0.3) is 21.5 Å². The number of pyridine rings is 2. The molecule has 0 radical (unpaired) electrons. The van der Waals surface area contributed by atoms with Gasteiger partial charge in [-0.3, -0.25) is 18.7 Å². The van der Waals surface area contributed by atoms with Crippen LogP contribution in [0.4, 0.5) is 8.78 Å². The smallest absolute Gasteiger partial charge is 0.365 e. The molecule has 4 aromatic rings. The van der Waals surface area contributed by atoms with Gasteiger partial charge < -0.3 is 14.2 Å². The predicted molar refractivity (Wildman–Crippen MR) is 218 cm³/mol. The van der Waals surface area contributed by atoms with Gasteiger partial charge >= 0.3 is 5.97 Å². The van der Waals surface area contributed by atoms with E-state index in [4.69, 9.17) is 14.2 Å². The minimum atomic E-state index is -1.00. The van der Waals surface area contributed by atoms with Gasteiger partial charge in [-0.15, -0.1) is 0 Å². The number of fused-ring (bicyclic) bond motifs is 2. The molecule has 2 heterocycles. The topological polar surface area (TPSA) is 88.8 Å².